The lowest BCUT2D eigenvalue weighted by atomic mass is 10.2. The molecule has 1 rings (SSSR count). The Balaban J connectivity index is 2.29. The van der Waals surface area contributed by atoms with Crippen LogP contribution in [0.3, 0.4) is 0 Å². The van der Waals surface area contributed by atoms with Crippen LogP contribution in [0.15, 0.2) is 17.6 Å². The summed E-state index contributed by atoms with van der Waals surface area (Å²) >= 11 is 1.69. The van der Waals surface area contributed by atoms with Crippen molar-refractivity contribution in [1.82, 2.24) is 14.9 Å². The van der Waals surface area contributed by atoms with Crippen LogP contribution in [0, 0.1) is 11.3 Å². The predicted octanol–water partition coefficient (Wildman–Crippen LogP) is 1.79. The lowest BCUT2D eigenvalue weighted by Crippen LogP contribution is -2.33. The summed E-state index contributed by atoms with van der Waals surface area (Å²) in [6.45, 7) is 4.10. The van der Waals surface area contributed by atoms with E-state index in [1.54, 1.807) is 18.0 Å². The fourth-order valence-corrected chi connectivity index (χ4v) is 2.28. The molecule has 0 bridgehead atoms. The highest BCUT2D eigenvalue weighted by Gasteiger charge is 2.09. The molecule has 0 aliphatic rings. The van der Waals surface area contributed by atoms with Crippen LogP contribution in [-0.2, 0) is 7.05 Å². The third kappa shape index (κ3) is 4.25. The number of rotatable bonds is 6. The summed E-state index contributed by atoms with van der Waals surface area (Å²) in [5.74, 6) is 0.906. The van der Waals surface area contributed by atoms with Crippen molar-refractivity contribution in [1.29, 1.82) is 5.26 Å². The minimum absolute atomic E-state index is 0.0623. The highest BCUT2D eigenvalue weighted by atomic mass is 32.2. The first-order valence-electron chi connectivity index (χ1n) is 5.39. The molecule has 0 aliphatic carbocycles. The molecule has 0 aromatic carbocycles. The van der Waals surface area contributed by atoms with Gasteiger partial charge in [0.1, 0.15) is 0 Å². The van der Waals surface area contributed by atoms with Crippen molar-refractivity contribution in [3.05, 3.63) is 12.4 Å². The summed E-state index contributed by atoms with van der Waals surface area (Å²) in [4.78, 5) is 4.22. The maximum Gasteiger partial charge on any atom is 0.167 e. The number of aromatic nitrogens is 2. The zero-order valence-corrected chi connectivity index (χ0v) is 10.8. The topological polar surface area (TPSA) is 53.6 Å². The Morgan fingerprint density at radius 1 is 1.62 bits per heavy atom. The maximum absolute atomic E-state index is 8.94. The molecule has 0 spiro atoms. The van der Waals surface area contributed by atoms with E-state index in [4.69, 9.17) is 5.26 Å². The highest BCUT2D eigenvalue weighted by molar-refractivity contribution is 7.99. The number of aryl methyl sites for hydroxylation is 1. The molecule has 0 saturated heterocycles. The Bertz CT molecular complexity index is 353. The van der Waals surface area contributed by atoms with Crippen LogP contribution < -0.4 is 5.32 Å². The molecule has 88 valence electrons. The van der Waals surface area contributed by atoms with Crippen LogP contribution in [0.2, 0.25) is 0 Å². The van der Waals surface area contributed by atoms with Crippen LogP contribution in [0.25, 0.3) is 0 Å². The summed E-state index contributed by atoms with van der Waals surface area (Å²) in [5, 5.41) is 13.2. The van der Waals surface area contributed by atoms with Gasteiger partial charge in [-0.2, -0.15) is 5.26 Å². The molecule has 1 unspecified atom stereocenters. The van der Waals surface area contributed by atoms with Crippen LogP contribution >= 0.6 is 11.8 Å². The van der Waals surface area contributed by atoms with Crippen molar-refractivity contribution in [2.24, 2.45) is 7.05 Å². The molecule has 0 aliphatic heterocycles. The normalized spacial score (nSPS) is 12.7. The van der Waals surface area contributed by atoms with Crippen molar-refractivity contribution in [3.8, 4) is 6.07 Å². The SMILES string of the molecule is CC(C)NC(C#N)CCSc1nccn1C. The maximum atomic E-state index is 8.94. The summed E-state index contributed by atoms with van der Waals surface area (Å²) in [6.07, 6.45) is 4.55. The first-order valence-corrected chi connectivity index (χ1v) is 6.38. The second-order valence-corrected chi connectivity index (χ2v) is 5.02. The van der Waals surface area contributed by atoms with E-state index in [-0.39, 0.29) is 6.04 Å². The average molecular weight is 238 g/mol. The first kappa shape index (κ1) is 13.1. The summed E-state index contributed by atoms with van der Waals surface area (Å²) in [6, 6.07) is 2.56. The van der Waals surface area contributed by atoms with E-state index in [2.05, 4.69) is 30.2 Å². The van der Waals surface area contributed by atoms with Gasteiger partial charge in [-0.25, -0.2) is 4.98 Å². The van der Waals surface area contributed by atoms with E-state index < -0.39 is 0 Å². The fourth-order valence-electron chi connectivity index (χ4n) is 1.35. The van der Waals surface area contributed by atoms with Crippen LogP contribution in [0.1, 0.15) is 20.3 Å². The Morgan fingerprint density at radius 2 is 2.38 bits per heavy atom. The van der Waals surface area contributed by atoms with E-state index in [0.29, 0.717) is 6.04 Å². The van der Waals surface area contributed by atoms with Gasteiger partial charge in [-0.1, -0.05) is 11.8 Å². The third-order valence-corrected chi connectivity index (χ3v) is 3.20. The van der Waals surface area contributed by atoms with E-state index in [1.165, 1.54) is 0 Å². The van der Waals surface area contributed by atoms with Gasteiger partial charge < -0.3 is 4.57 Å². The molecule has 1 aromatic rings. The monoisotopic (exact) mass is 238 g/mol. The Hall–Kier alpha value is -0.990. The van der Waals surface area contributed by atoms with Crippen molar-refractivity contribution in [2.45, 2.75) is 37.5 Å². The second-order valence-electron chi connectivity index (χ2n) is 3.96. The highest BCUT2D eigenvalue weighted by Crippen LogP contribution is 2.16. The minimum atomic E-state index is -0.0623. The molecule has 4 nitrogen and oxygen atoms in total. The van der Waals surface area contributed by atoms with Crippen molar-refractivity contribution in [2.75, 3.05) is 5.75 Å². The van der Waals surface area contributed by atoms with Crippen LogP contribution in [-0.4, -0.2) is 27.4 Å². The number of nitrogens with zero attached hydrogens (tertiary/aromatic N) is 3. The number of nitriles is 1. The first-order chi connectivity index (χ1) is 7.63. The fraction of sp³-hybridized carbons (Fsp3) is 0.636. The van der Waals surface area contributed by atoms with Gasteiger partial charge in [-0.05, 0) is 20.3 Å². The van der Waals surface area contributed by atoms with Crippen molar-refractivity contribution in [3.63, 3.8) is 0 Å². The van der Waals surface area contributed by atoms with Crippen molar-refractivity contribution < 1.29 is 0 Å². The van der Waals surface area contributed by atoms with Gasteiger partial charge in [0.05, 0.1) is 12.1 Å². The van der Waals surface area contributed by atoms with Gasteiger partial charge in [-0.15, -0.1) is 0 Å². The standard InChI is InChI=1S/C11H18N4S/c1-9(2)14-10(8-12)4-7-16-11-13-5-6-15(11)3/h5-6,9-10,14H,4,7H2,1-3H3. The zero-order valence-electron chi connectivity index (χ0n) is 9.97. The Morgan fingerprint density at radius 3 is 2.88 bits per heavy atom. The summed E-state index contributed by atoms with van der Waals surface area (Å²) in [7, 11) is 1.98. The third-order valence-electron chi connectivity index (χ3n) is 2.11. The predicted molar refractivity (Wildman–Crippen MR) is 66.2 cm³/mol. The zero-order chi connectivity index (χ0) is 12.0. The minimum Gasteiger partial charge on any atom is -0.329 e. The smallest absolute Gasteiger partial charge is 0.167 e. The van der Waals surface area contributed by atoms with Crippen molar-refractivity contribution >= 4 is 11.8 Å². The molecule has 0 fully saturated rings. The Labute approximate surface area is 101 Å². The number of nitrogens with one attached hydrogen (secondary N) is 1. The van der Waals surface area contributed by atoms with Gasteiger partial charge in [-0.3, -0.25) is 5.32 Å². The molecule has 1 atom stereocenters. The molecular formula is C11H18N4S. The Kier molecular flexibility index (Phi) is 5.36. The molecule has 1 aromatic heterocycles. The largest absolute Gasteiger partial charge is 0.329 e. The quantitative estimate of drug-likeness (QED) is 0.768. The van der Waals surface area contributed by atoms with Gasteiger partial charge >= 0.3 is 0 Å². The van der Waals surface area contributed by atoms with E-state index >= 15 is 0 Å². The van der Waals surface area contributed by atoms with Gasteiger partial charge in [0.15, 0.2) is 5.16 Å². The number of hydrogen-bond acceptors (Lipinski definition) is 4. The second kappa shape index (κ2) is 6.56. The number of imidazole rings is 1. The molecule has 0 radical (unpaired) electrons. The molecule has 0 amide bonds. The van der Waals surface area contributed by atoms with E-state index in [1.807, 2.05) is 17.8 Å². The van der Waals surface area contributed by atoms with E-state index in [9.17, 15) is 0 Å². The van der Waals surface area contributed by atoms with Gasteiger partial charge in [0, 0.05) is 31.2 Å². The number of hydrogen-bond donors (Lipinski definition) is 1. The molecule has 0 saturated carbocycles. The lowest BCUT2D eigenvalue weighted by molar-refractivity contribution is 0.522. The van der Waals surface area contributed by atoms with Crippen LogP contribution in [0.5, 0.6) is 0 Å². The molecule has 5 heteroatoms. The van der Waals surface area contributed by atoms with Crippen LogP contribution in [0.4, 0.5) is 0 Å². The lowest BCUT2D eigenvalue weighted by Gasteiger charge is -2.13. The number of thioether (sulfide) groups is 1. The van der Waals surface area contributed by atoms with Gasteiger partial charge in [0.2, 0.25) is 0 Å². The van der Waals surface area contributed by atoms with Gasteiger partial charge in [0.25, 0.3) is 0 Å². The molecule has 1 heterocycles. The molecule has 1 N–H and O–H groups in total. The molecular weight excluding hydrogens is 220 g/mol. The average Bonchev–Trinajstić information content (AvgIpc) is 2.62. The van der Waals surface area contributed by atoms with E-state index in [0.717, 1.165) is 17.3 Å². The molecule has 16 heavy (non-hydrogen) atoms. The summed E-state index contributed by atoms with van der Waals surface area (Å²) < 4.78 is 1.99. The summed E-state index contributed by atoms with van der Waals surface area (Å²) in [5.41, 5.74) is 0.